The van der Waals surface area contributed by atoms with E-state index in [0.717, 1.165) is 16.5 Å². The molecule has 0 aromatic heterocycles. The summed E-state index contributed by atoms with van der Waals surface area (Å²) in [6.07, 6.45) is 1.04. The Labute approximate surface area is 220 Å². The molecule has 0 aliphatic carbocycles. The van der Waals surface area contributed by atoms with E-state index in [0.29, 0.717) is 42.7 Å². The quantitative estimate of drug-likeness (QED) is 0.206. The molecular formula is C30H31F4N3O. The lowest BCUT2D eigenvalue weighted by molar-refractivity contribution is 0.0646. The third kappa shape index (κ3) is 5.59. The minimum Gasteiger partial charge on any atom is -0.339 e. The van der Waals surface area contributed by atoms with Crippen LogP contribution in [0.2, 0.25) is 0 Å². The van der Waals surface area contributed by atoms with Gasteiger partial charge in [-0.3, -0.25) is 10.2 Å². The molecule has 0 radical (unpaired) electrons. The molecule has 1 saturated heterocycles. The second kappa shape index (κ2) is 11.4. The molecule has 4 rings (SSSR count). The van der Waals surface area contributed by atoms with Crippen LogP contribution in [0.3, 0.4) is 0 Å². The molecule has 0 bridgehead atoms. The number of alkyl halides is 2. The Morgan fingerprint density at radius 1 is 0.947 bits per heavy atom. The van der Waals surface area contributed by atoms with Gasteiger partial charge in [0.15, 0.2) is 0 Å². The largest absolute Gasteiger partial charge is 0.339 e. The van der Waals surface area contributed by atoms with Gasteiger partial charge in [-0.25, -0.2) is 8.78 Å². The number of likely N-dealkylation sites (tertiary alicyclic amines) is 1. The summed E-state index contributed by atoms with van der Waals surface area (Å²) in [6.45, 7) is 3.27. The monoisotopic (exact) mass is 525 g/mol. The first-order chi connectivity index (χ1) is 18.1. The standard InChI is InChI=1S/C30H31F4N3O/c1-18-7-4-5-10-27(18)37(30(33)34)20(3)21-11-13-36(14-12-21)29(38)25-15-19(2)24(17-26(25)32)28(35)22-8-6-9-23(31)16-22/h4-10,15-17,20-21,30,35H,11-14H2,1-3H3. The first-order valence-corrected chi connectivity index (χ1v) is 12.6. The van der Waals surface area contributed by atoms with Crippen molar-refractivity contribution in [3.8, 4) is 0 Å². The molecule has 1 heterocycles. The van der Waals surface area contributed by atoms with Gasteiger partial charge >= 0.3 is 6.55 Å². The van der Waals surface area contributed by atoms with Gasteiger partial charge in [0.05, 0.1) is 11.3 Å². The van der Waals surface area contributed by atoms with E-state index in [4.69, 9.17) is 5.41 Å². The first-order valence-electron chi connectivity index (χ1n) is 12.6. The average Bonchev–Trinajstić information content (AvgIpc) is 2.90. The van der Waals surface area contributed by atoms with Gasteiger partial charge in [-0.15, -0.1) is 0 Å². The van der Waals surface area contributed by atoms with Crippen LogP contribution in [-0.2, 0) is 0 Å². The van der Waals surface area contributed by atoms with Crippen LogP contribution in [0.5, 0.6) is 0 Å². The van der Waals surface area contributed by atoms with Crippen LogP contribution in [0.15, 0.2) is 60.7 Å². The lowest BCUT2D eigenvalue weighted by atomic mass is 9.88. The molecule has 1 unspecified atom stereocenters. The van der Waals surface area contributed by atoms with Crippen molar-refractivity contribution in [1.29, 1.82) is 5.41 Å². The van der Waals surface area contributed by atoms with Crippen molar-refractivity contribution in [3.63, 3.8) is 0 Å². The van der Waals surface area contributed by atoms with E-state index in [9.17, 15) is 18.0 Å². The summed E-state index contributed by atoms with van der Waals surface area (Å²) in [5.74, 6) is -1.78. The van der Waals surface area contributed by atoms with Gasteiger partial charge in [0.25, 0.3) is 5.91 Å². The zero-order valence-electron chi connectivity index (χ0n) is 21.6. The normalized spacial score (nSPS) is 15.0. The summed E-state index contributed by atoms with van der Waals surface area (Å²) >= 11 is 0. The fourth-order valence-corrected chi connectivity index (χ4v) is 5.25. The van der Waals surface area contributed by atoms with Crippen molar-refractivity contribution in [1.82, 2.24) is 4.90 Å². The molecule has 0 saturated carbocycles. The molecule has 1 fully saturated rings. The van der Waals surface area contributed by atoms with Crippen molar-refractivity contribution in [2.24, 2.45) is 5.92 Å². The molecule has 200 valence electrons. The second-order valence-corrected chi connectivity index (χ2v) is 9.87. The topological polar surface area (TPSA) is 47.4 Å². The van der Waals surface area contributed by atoms with E-state index in [1.54, 1.807) is 49.9 Å². The van der Waals surface area contributed by atoms with Crippen LogP contribution in [-0.4, -0.2) is 42.2 Å². The number of anilines is 1. The number of halogens is 4. The summed E-state index contributed by atoms with van der Waals surface area (Å²) in [6, 6.07) is 14.7. The summed E-state index contributed by atoms with van der Waals surface area (Å²) < 4.78 is 56.9. The number of rotatable bonds is 7. The molecule has 4 nitrogen and oxygen atoms in total. The molecule has 38 heavy (non-hydrogen) atoms. The highest BCUT2D eigenvalue weighted by Gasteiger charge is 2.34. The molecule has 3 aromatic carbocycles. The van der Waals surface area contributed by atoms with Crippen molar-refractivity contribution in [3.05, 3.63) is 100 Å². The van der Waals surface area contributed by atoms with Crippen LogP contribution in [0.25, 0.3) is 0 Å². The molecule has 1 amide bonds. The van der Waals surface area contributed by atoms with Crippen LogP contribution in [0, 0.1) is 36.8 Å². The highest BCUT2D eigenvalue weighted by atomic mass is 19.3. The molecule has 1 atom stereocenters. The maximum atomic E-state index is 15.1. The Bertz CT molecular complexity index is 1330. The molecule has 0 spiro atoms. The minimum absolute atomic E-state index is 0.0352. The maximum absolute atomic E-state index is 15.1. The Hall–Kier alpha value is -3.68. The van der Waals surface area contributed by atoms with Gasteiger partial charge in [-0.1, -0.05) is 30.3 Å². The highest BCUT2D eigenvalue weighted by molar-refractivity contribution is 6.12. The fraction of sp³-hybridized carbons (Fsp3) is 0.333. The number of para-hydroxylation sites is 1. The fourth-order valence-electron chi connectivity index (χ4n) is 5.25. The Balaban J connectivity index is 1.46. The number of benzene rings is 3. The zero-order chi connectivity index (χ0) is 27.6. The third-order valence-electron chi connectivity index (χ3n) is 7.48. The van der Waals surface area contributed by atoms with Crippen molar-refractivity contribution in [2.75, 3.05) is 18.0 Å². The van der Waals surface area contributed by atoms with Crippen molar-refractivity contribution < 1.29 is 22.4 Å². The molecule has 1 aliphatic heterocycles. The van der Waals surface area contributed by atoms with Gasteiger partial charge in [-0.05, 0) is 81.0 Å². The second-order valence-electron chi connectivity index (χ2n) is 9.87. The zero-order valence-corrected chi connectivity index (χ0v) is 21.6. The van der Waals surface area contributed by atoms with Gasteiger partial charge in [-0.2, -0.15) is 8.78 Å². The predicted octanol–water partition coefficient (Wildman–Crippen LogP) is 6.97. The number of piperidine rings is 1. The number of nitrogens with one attached hydrogen (secondary N) is 1. The Morgan fingerprint density at radius 3 is 2.26 bits per heavy atom. The smallest absolute Gasteiger partial charge is 0.315 e. The van der Waals surface area contributed by atoms with Gasteiger partial charge in [0.2, 0.25) is 0 Å². The van der Waals surface area contributed by atoms with Gasteiger partial charge in [0, 0.05) is 35.9 Å². The number of carbonyl (C=O) groups excluding carboxylic acids is 1. The number of carbonyl (C=O) groups is 1. The predicted molar refractivity (Wildman–Crippen MR) is 141 cm³/mol. The number of aryl methyl sites for hydroxylation is 2. The average molecular weight is 526 g/mol. The van der Waals surface area contributed by atoms with Crippen LogP contribution < -0.4 is 4.90 Å². The van der Waals surface area contributed by atoms with E-state index < -0.39 is 30.1 Å². The maximum Gasteiger partial charge on any atom is 0.315 e. The van der Waals surface area contributed by atoms with Crippen LogP contribution >= 0.6 is 0 Å². The summed E-state index contributed by atoms with van der Waals surface area (Å²) in [7, 11) is 0. The van der Waals surface area contributed by atoms with Crippen LogP contribution in [0.4, 0.5) is 23.2 Å². The van der Waals surface area contributed by atoms with Gasteiger partial charge < -0.3 is 9.80 Å². The lowest BCUT2D eigenvalue weighted by Gasteiger charge is -2.40. The molecule has 8 heteroatoms. The Morgan fingerprint density at radius 2 is 1.63 bits per heavy atom. The lowest BCUT2D eigenvalue weighted by Crippen LogP contribution is -2.47. The Kier molecular flexibility index (Phi) is 8.19. The van der Waals surface area contributed by atoms with E-state index in [1.165, 1.54) is 24.3 Å². The minimum atomic E-state index is -2.66. The molecule has 1 aliphatic rings. The summed E-state index contributed by atoms with van der Waals surface area (Å²) in [5.41, 5.74) is 2.25. The third-order valence-corrected chi connectivity index (χ3v) is 7.48. The van der Waals surface area contributed by atoms with E-state index in [2.05, 4.69) is 0 Å². The van der Waals surface area contributed by atoms with Crippen molar-refractivity contribution >= 4 is 17.3 Å². The summed E-state index contributed by atoms with van der Waals surface area (Å²) in [4.78, 5) is 15.9. The number of hydrogen-bond donors (Lipinski definition) is 1. The SMILES string of the molecule is Cc1cc(C(=O)N2CCC(C(C)N(c3ccccc3C)C(F)F)CC2)c(F)cc1C(=N)c1cccc(F)c1. The highest BCUT2D eigenvalue weighted by Crippen LogP contribution is 2.32. The first kappa shape index (κ1) is 27.4. The number of nitrogens with zero attached hydrogens (tertiary/aromatic N) is 2. The van der Waals surface area contributed by atoms with E-state index in [-0.39, 0.29) is 22.8 Å². The summed E-state index contributed by atoms with van der Waals surface area (Å²) in [5, 5.41) is 8.39. The van der Waals surface area contributed by atoms with E-state index >= 15 is 4.39 Å². The molecule has 1 N–H and O–H groups in total. The molecular weight excluding hydrogens is 494 g/mol. The van der Waals surface area contributed by atoms with Crippen molar-refractivity contribution in [2.45, 2.75) is 46.2 Å². The van der Waals surface area contributed by atoms with E-state index in [1.807, 2.05) is 6.07 Å². The van der Waals surface area contributed by atoms with Crippen LogP contribution in [0.1, 0.15) is 52.4 Å². The molecule has 3 aromatic rings. The number of hydrogen-bond acceptors (Lipinski definition) is 3. The van der Waals surface area contributed by atoms with Gasteiger partial charge in [0.1, 0.15) is 11.6 Å². The number of amides is 1.